The summed E-state index contributed by atoms with van der Waals surface area (Å²) in [7, 11) is 3.93. The van der Waals surface area contributed by atoms with Gasteiger partial charge in [-0.1, -0.05) is 66.7 Å². The molecule has 0 aliphatic rings. The Balaban J connectivity index is 1.80. The molecule has 0 aliphatic heterocycles. The van der Waals surface area contributed by atoms with Gasteiger partial charge in [-0.3, -0.25) is 9.59 Å². The molecule has 0 spiro atoms. The fourth-order valence-corrected chi connectivity index (χ4v) is 3.61. The van der Waals surface area contributed by atoms with Crippen molar-refractivity contribution in [2.45, 2.75) is 6.04 Å². The minimum atomic E-state index is -0.323. The largest absolute Gasteiger partial charge is 0.343 e. The van der Waals surface area contributed by atoms with Gasteiger partial charge in [0.2, 0.25) is 0 Å². The van der Waals surface area contributed by atoms with Crippen LogP contribution < -0.4 is 10.9 Å². The summed E-state index contributed by atoms with van der Waals surface area (Å²) in [5.41, 5.74) is 1.58. The van der Waals surface area contributed by atoms with Gasteiger partial charge in [-0.15, -0.1) is 0 Å². The van der Waals surface area contributed by atoms with E-state index in [-0.39, 0.29) is 23.2 Å². The number of nitrogens with one attached hydrogen (secondary N) is 1. The summed E-state index contributed by atoms with van der Waals surface area (Å²) in [5, 5.41) is 8.58. The number of hydrogen-bond acceptors (Lipinski definition) is 4. The van der Waals surface area contributed by atoms with Crippen molar-refractivity contribution in [3.63, 3.8) is 0 Å². The van der Waals surface area contributed by atoms with Crippen LogP contribution in [0.15, 0.2) is 89.7 Å². The Bertz CT molecular complexity index is 1250. The molecule has 6 nitrogen and oxygen atoms in total. The third-order valence-corrected chi connectivity index (χ3v) is 5.08. The van der Waals surface area contributed by atoms with E-state index in [1.54, 1.807) is 30.3 Å². The lowest BCUT2D eigenvalue weighted by Gasteiger charge is -2.23. The van der Waals surface area contributed by atoms with Crippen molar-refractivity contribution >= 4 is 16.7 Å². The maximum atomic E-state index is 13.4. The highest BCUT2D eigenvalue weighted by Crippen LogP contribution is 2.18. The number of rotatable bonds is 6. The van der Waals surface area contributed by atoms with Crippen LogP contribution in [-0.2, 0) is 0 Å². The van der Waals surface area contributed by atoms with Gasteiger partial charge in [-0.2, -0.15) is 9.78 Å². The van der Waals surface area contributed by atoms with E-state index in [0.717, 1.165) is 5.56 Å². The van der Waals surface area contributed by atoms with E-state index in [9.17, 15) is 9.59 Å². The highest BCUT2D eigenvalue weighted by atomic mass is 16.2. The van der Waals surface area contributed by atoms with Crippen molar-refractivity contribution in [2.75, 3.05) is 20.6 Å². The summed E-state index contributed by atoms with van der Waals surface area (Å²) in [6.45, 7) is 0.631. The van der Waals surface area contributed by atoms with Crippen molar-refractivity contribution in [3.05, 3.63) is 107 Å². The Labute approximate surface area is 180 Å². The Morgan fingerprint density at radius 3 is 2.13 bits per heavy atom. The second-order valence-electron chi connectivity index (χ2n) is 7.65. The summed E-state index contributed by atoms with van der Waals surface area (Å²) in [4.78, 5) is 28.5. The summed E-state index contributed by atoms with van der Waals surface area (Å²) >= 11 is 0. The predicted octanol–water partition coefficient (Wildman–Crippen LogP) is 3.42. The molecule has 0 saturated carbocycles. The van der Waals surface area contributed by atoms with Gasteiger partial charge in [0.1, 0.15) is 0 Å². The maximum Gasteiger partial charge on any atom is 0.279 e. The number of benzene rings is 3. The summed E-state index contributed by atoms with van der Waals surface area (Å²) < 4.78 is 1.29. The standard InChI is InChI=1S/C25H24N4O2/c1-28(2)17-22(18-11-5-3-6-12-18)26-24(30)23-20-15-9-10-16-21(20)25(31)29(27-23)19-13-7-4-8-14-19/h3-16,22H,17H2,1-2H3,(H,26,30). The van der Waals surface area contributed by atoms with E-state index in [1.807, 2.05) is 73.6 Å². The maximum absolute atomic E-state index is 13.4. The molecule has 1 aromatic heterocycles. The molecule has 0 bridgehead atoms. The second kappa shape index (κ2) is 8.93. The van der Waals surface area contributed by atoms with Crippen LogP contribution in [0, 0.1) is 0 Å². The van der Waals surface area contributed by atoms with Gasteiger partial charge in [-0.25, -0.2) is 0 Å². The number of carbonyl (C=O) groups excluding carboxylic acids is 1. The van der Waals surface area contributed by atoms with E-state index >= 15 is 0 Å². The van der Waals surface area contributed by atoms with E-state index in [2.05, 4.69) is 10.4 Å². The number of amides is 1. The summed E-state index contributed by atoms with van der Waals surface area (Å²) in [6, 6.07) is 25.8. The fraction of sp³-hybridized carbons (Fsp3) is 0.160. The van der Waals surface area contributed by atoms with E-state index < -0.39 is 0 Å². The number of carbonyl (C=O) groups is 1. The Morgan fingerprint density at radius 2 is 1.48 bits per heavy atom. The molecule has 0 radical (unpaired) electrons. The smallest absolute Gasteiger partial charge is 0.279 e. The molecular weight excluding hydrogens is 388 g/mol. The predicted molar refractivity (Wildman–Crippen MR) is 123 cm³/mol. The van der Waals surface area contributed by atoms with Gasteiger partial charge in [0.25, 0.3) is 11.5 Å². The van der Waals surface area contributed by atoms with E-state index in [4.69, 9.17) is 0 Å². The average molecular weight is 412 g/mol. The van der Waals surface area contributed by atoms with Crippen molar-refractivity contribution in [1.29, 1.82) is 0 Å². The van der Waals surface area contributed by atoms with E-state index in [1.165, 1.54) is 4.68 Å². The number of fused-ring (bicyclic) bond motifs is 1. The molecule has 1 heterocycles. The van der Waals surface area contributed by atoms with Crippen LogP contribution in [0.4, 0.5) is 0 Å². The van der Waals surface area contributed by atoms with Crippen molar-refractivity contribution in [2.24, 2.45) is 0 Å². The first-order valence-corrected chi connectivity index (χ1v) is 10.1. The lowest BCUT2D eigenvalue weighted by molar-refractivity contribution is 0.0925. The molecular formula is C25H24N4O2. The lowest BCUT2D eigenvalue weighted by atomic mass is 10.1. The Morgan fingerprint density at radius 1 is 0.903 bits per heavy atom. The van der Waals surface area contributed by atoms with E-state index in [0.29, 0.717) is 23.0 Å². The zero-order chi connectivity index (χ0) is 21.8. The van der Waals surface area contributed by atoms with Crippen LogP contribution in [0.1, 0.15) is 22.1 Å². The molecule has 3 aromatic carbocycles. The molecule has 0 fully saturated rings. The monoisotopic (exact) mass is 412 g/mol. The number of aromatic nitrogens is 2. The van der Waals surface area contributed by atoms with Gasteiger partial charge in [-0.05, 0) is 37.9 Å². The fourth-order valence-electron chi connectivity index (χ4n) is 3.61. The molecule has 1 unspecified atom stereocenters. The van der Waals surface area contributed by atoms with Gasteiger partial charge in [0.05, 0.1) is 17.1 Å². The number of para-hydroxylation sites is 1. The Kier molecular flexibility index (Phi) is 5.91. The molecule has 156 valence electrons. The SMILES string of the molecule is CN(C)CC(NC(=O)c1nn(-c2ccccc2)c(=O)c2ccccc12)c1ccccc1. The number of likely N-dealkylation sites (N-methyl/N-ethyl adjacent to an activating group) is 1. The molecule has 1 atom stereocenters. The van der Waals surface area contributed by atoms with Gasteiger partial charge < -0.3 is 10.2 Å². The molecule has 6 heteroatoms. The van der Waals surface area contributed by atoms with Gasteiger partial charge in [0.15, 0.2) is 5.69 Å². The quantitative estimate of drug-likeness (QED) is 0.527. The van der Waals surface area contributed by atoms with Crippen molar-refractivity contribution in [3.8, 4) is 5.69 Å². The molecule has 4 aromatic rings. The molecule has 31 heavy (non-hydrogen) atoms. The summed E-state index contributed by atoms with van der Waals surface area (Å²) in [6.07, 6.45) is 0. The van der Waals surface area contributed by atoms with Gasteiger partial charge in [0, 0.05) is 11.9 Å². The minimum Gasteiger partial charge on any atom is -0.343 e. The minimum absolute atomic E-state index is 0.221. The number of hydrogen-bond donors (Lipinski definition) is 1. The zero-order valence-corrected chi connectivity index (χ0v) is 17.5. The first kappa shape index (κ1) is 20.5. The van der Waals surface area contributed by atoms with Crippen LogP contribution in [0.25, 0.3) is 16.5 Å². The zero-order valence-electron chi connectivity index (χ0n) is 17.5. The van der Waals surface area contributed by atoms with Crippen LogP contribution in [0.2, 0.25) is 0 Å². The Hall–Kier alpha value is -3.77. The first-order valence-electron chi connectivity index (χ1n) is 10.1. The molecule has 1 amide bonds. The first-order chi connectivity index (χ1) is 15.0. The van der Waals surface area contributed by atoms with Gasteiger partial charge >= 0.3 is 0 Å². The molecule has 0 aliphatic carbocycles. The second-order valence-corrected chi connectivity index (χ2v) is 7.65. The lowest BCUT2D eigenvalue weighted by Crippen LogP contribution is -2.37. The summed E-state index contributed by atoms with van der Waals surface area (Å²) in [5.74, 6) is -0.323. The average Bonchev–Trinajstić information content (AvgIpc) is 2.80. The highest BCUT2D eigenvalue weighted by molar-refractivity contribution is 6.05. The highest BCUT2D eigenvalue weighted by Gasteiger charge is 2.21. The topological polar surface area (TPSA) is 67.2 Å². The molecule has 1 N–H and O–H groups in total. The molecule has 4 rings (SSSR count). The molecule has 0 saturated heterocycles. The third kappa shape index (κ3) is 4.39. The normalized spacial score (nSPS) is 12.1. The van der Waals surface area contributed by atoms with Crippen molar-refractivity contribution < 1.29 is 4.79 Å². The van der Waals surface area contributed by atoms with Crippen molar-refractivity contribution in [1.82, 2.24) is 20.0 Å². The van der Waals surface area contributed by atoms with Crippen LogP contribution in [0.3, 0.4) is 0 Å². The van der Waals surface area contributed by atoms with Crippen LogP contribution >= 0.6 is 0 Å². The number of nitrogens with zero attached hydrogens (tertiary/aromatic N) is 3. The van der Waals surface area contributed by atoms with Crippen LogP contribution in [0.5, 0.6) is 0 Å². The van der Waals surface area contributed by atoms with Crippen LogP contribution in [-0.4, -0.2) is 41.2 Å². The third-order valence-electron chi connectivity index (χ3n) is 5.08.